The van der Waals surface area contributed by atoms with Gasteiger partial charge in [0, 0.05) is 26.3 Å². The van der Waals surface area contributed by atoms with Crippen LogP contribution in [0.1, 0.15) is 29.2 Å². The summed E-state index contributed by atoms with van der Waals surface area (Å²) in [5, 5.41) is 3.33. The third-order valence-corrected chi connectivity index (χ3v) is 3.55. The Morgan fingerprint density at radius 3 is 2.62 bits per heavy atom. The van der Waals surface area contributed by atoms with Crippen molar-refractivity contribution in [2.45, 2.75) is 33.9 Å². The van der Waals surface area contributed by atoms with Crippen LogP contribution in [0.3, 0.4) is 0 Å². The monoisotopic (exact) mass is 283 g/mol. The topological polar surface area (TPSA) is 28.2 Å². The van der Waals surface area contributed by atoms with Crippen molar-refractivity contribution in [3.8, 4) is 0 Å². The number of anilines is 1. The Balaban J connectivity index is 2.10. The number of benzene rings is 1. The molecule has 1 aromatic heterocycles. The van der Waals surface area contributed by atoms with Crippen molar-refractivity contribution in [3.05, 3.63) is 58.8 Å². The van der Waals surface area contributed by atoms with Crippen LogP contribution in [0.15, 0.2) is 36.5 Å². The van der Waals surface area contributed by atoms with E-state index in [1.165, 1.54) is 22.3 Å². The highest BCUT2D eigenvalue weighted by molar-refractivity contribution is 5.47. The summed E-state index contributed by atoms with van der Waals surface area (Å²) >= 11 is 0. The molecule has 3 heteroatoms. The van der Waals surface area contributed by atoms with Gasteiger partial charge in [0.1, 0.15) is 5.82 Å². The van der Waals surface area contributed by atoms with Crippen molar-refractivity contribution in [2.24, 2.45) is 0 Å². The van der Waals surface area contributed by atoms with Gasteiger partial charge in [-0.15, -0.1) is 0 Å². The van der Waals surface area contributed by atoms with E-state index in [2.05, 4.69) is 73.4 Å². The van der Waals surface area contributed by atoms with Gasteiger partial charge in [-0.25, -0.2) is 4.98 Å². The standard InChI is InChI=1S/C18H25N3/c1-5-19-11-17-10-15(3)18(20-12-17)21(4)13-16-8-6-7-14(2)9-16/h6-10,12,19H,5,11,13H2,1-4H3. The van der Waals surface area contributed by atoms with Crippen molar-refractivity contribution in [1.29, 1.82) is 0 Å². The minimum atomic E-state index is 0.877. The zero-order chi connectivity index (χ0) is 15.2. The number of nitrogens with one attached hydrogen (secondary N) is 1. The molecule has 3 nitrogen and oxygen atoms in total. The second-order valence-electron chi connectivity index (χ2n) is 5.61. The van der Waals surface area contributed by atoms with Crippen LogP contribution in [0.2, 0.25) is 0 Å². The molecule has 2 aromatic rings. The lowest BCUT2D eigenvalue weighted by Crippen LogP contribution is -2.19. The van der Waals surface area contributed by atoms with Crippen LogP contribution in [0, 0.1) is 13.8 Å². The first-order chi connectivity index (χ1) is 10.1. The predicted molar refractivity (Wildman–Crippen MR) is 89.6 cm³/mol. The summed E-state index contributed by atoms with van der Waals surface area (Å²) in [5.41, 5.74) is 5.07. The number of rotatable bonds is 6. The summed E-state index contributed by atoms with van der Waals surface area (Å²) in [5.74, 6) is 1.05. The zero-order valence-corrected chi connectivity index (χ0v) is 13.5. The minimum absolute atomic E-state index is 0.877. The predicted octanol–water partition coefficient (Wildman–Crippen LogP) is 3.44. The van der Waals surface area contributed by atoms with Gasteiger partial charge < -0.3 is 10.2 Å². The van der Waals surface area contributed by atoms with E-state index >= 15 is 0 Å². The summed E-state index contributed by atoms with van der Waals surface area (Å²) in [7, 11) is 2.10. The number of hydrogen-bond acceptors (Lipinski definition) is 3. The van der Waals surface area contributed by atoms with Crippen molar-refractivity contribution >= 4 is 5.82 Å². The summed E-state index contributed by atoms with van der Waals surface area (Å²) in [4.78, 5) is 6.85. The van der Waals surface area contributed by atoms with Crippen molar-refractivity contribution < 1.29 is 0 Å². The highest BCUT2D eigenvalue weighted by Gasteiger charge is 2.08. The summed E-state index contributed by atoms with van der Waals surface area (Å²) in [6.45, 7) is 9.11. The van der Waals surface area contributed by atoms with E-state index in [9.17, 15) is 0 Å². The second-order valence-corrected chi connectivity index (χ2v) is 5.61. The summed E-state index contributed by atoms with van der Waals surface area (Å²) < 4.78 is 0. The van der Waals surface area contributed by atoms with E-state index < -0.39 is 0 Å². The highest BCUT2D eigenvalue weighted by atomic mass is 15.2. The van der Waals surface area contributed by atoms with Crippen LogP contribution in [-0.2, 0) is 13.1 Å². The Morgan fingerprint density at radius 2 is 1.95 bits per heavy atom. The molecule has 0 atom stereocenters. The fourth-order valence-electron chi connectivity index (χ4n) is 2.55. The first-order valence-electron chi connectivity index (χ1n) is 7.53. The van der Waals surface area contributed by atoms with Gasteiger partial charge >= 0.3 is 0 Å². The van der Waals surface area contributed by atoms with Gasteiger partial charge in [-0.2, -0.15) is 0 Å². The molecule has 1 heterocycles. The lowest BCUT2D eigenvalue weighted by molar-refractivity contribution is 0.723. The fourth-order valence-corrected chi connectivity index (χ4v) is 2.55. The molecular formula is C18H25N3. The van der Waals surface area contributed by atoms with Crippen LogP contribution in [0.5, 0.6) is 0 Å². The van der Waals surface area contributed by atoms with Crippen LogP contribution in [-0.4, -0.2) is 18.6 Å². The molecule has 0 radical (unpaired) electrons. The molecule has 0 aliphatic heterocycles. The molecule has 21 heavy (non-hydrogen) atoms. The first kappa shape index (κ1) is 15.5. The van der Waals surface area contributed by atoms with Crippen LogP contribution < -0.4 is 10.2 Å². The molecule has 0 amide bonds. The molecule has 0 fully saturated rings. The van der Waals surface area contributed by atoms with Crippen molar-refractivity contribution in [3.63, 3.8) is 0 Å². The Kier molecular flexibility index (Phi) is 5.34. The first-order valence-corrected chi connectivity index (χ1v) is 7.53. The average Bonchev–Trinajstić information content (AvgIpc) is 2.45. The Bertz CT molecular complexity index is 593. The molecule has 112 valence electrons. The summed E-state index contributed by atoms with van der Waals surface area (Å²) in [6, 6.07) is 10.8. The fraction of sp³-hybridized carbons (Fsp3) is 0.389. The highest BCUT2D eigenvalue weighted by Crippen LogP contribution is 2.19. The van der Waals surface area contributed by atoms with E-state index in [-0.39, 0.29) is 0 Å². The van der Waals surface area contributed by atoms with Crippen LogP contribution in [0.25, 0.3) is 0 Å². The van der Waals surface area contributed by atoms with Gasteiger partial charge in [0.15, 0.2) is 0 Å². The van der Waals surface area contributed by atoms with Crippen molar-refractivity contribution in [2.75, 3.05) is 18.5 Å². The second kappa shape index (κ2) is 7.23. The van der Waals surface area contributed by atoms with E-state index in [0.717, 1.165) is 25.5 Å². The number of nitrogens with zero attached hydrogens (tertiary/aromatic N) is 2. The molecule has 0 saturated heterocycles. The maximum absolute atomic E-state index is 4.64. The molecule has 0 saturated carbocycles. The van der Waals surface area contributed by atoms with Gasteiger partial charge in [0.2, 0.25) is 0 Å². The van der Waals surface area contributed by atoms with Gasteiger partial charge in [-0.05, 0) is 43.1 Å². The average molecular weight is 283 g/mol. The van der Waals surface area contributed by atoms with E-state index in [0.29, 0.717) is 0 Å². The minimum Gasteiger partial charge on any atom is -0.355 e. The SMILES string of the molecule is CCNCc1cnc(N(C)Cc2cccc(C)c2)c(C)c1. The van der Waals surface area contributed by atoms with Gasteiger partial charge in [0.05, 0.1) is 0 Å². The molecule has 1 aromatic carbocycles. The molecule has 0 aliphatic carbocycles. The van der Waals surface area contributed by atoms with Gasteiger partial charge in [0.25, 0.3) is 0 Å². The van der Waals surface area contributed by atoms with E-state index in [4.69, 9.17) is 0 Å². The van der Waals surface area contributed by atoms with Crippen LogP contribution >= 0.6 is 0 Å². The molecule has 0 unspecified atom stereocenters. The quantitative estimate of drug-likeness (QED) is 0.880. The van der Waals surface area contributed by atoms with Crippen molar-refractivity contribution in [1.82, 2.24) is 10.3 Å². The summed E-state index contributed by atoms with van der Waals surface area (Å²) in [6.07, 6.45) is 1.97. The zero-order valence-electron chi connectivity index (χ0n) is 13.5. The number of aromatic nitrogens is 1. The molecule has 2 rings (SSSR count). The largest absolute Gasteiger partial charge is 0.355 e. The molecular weight excluding hydrogens is 258 g/mol. The lowest BCUT2D eigenvalue weighted by atomic mass is 10.1. The Labute approximate surface area is 128 Å². The number of aryl methyl sites for hydroxylation is 2. The third-order valence-electron chi connectivity index (χ3n) is 3.55. The van der Waals surface area contributed by atoms with E-state index in [1.54, 1.807) is 0 Å². The Hall–Kier alpha value is -1.87. The van der Waals surface area contributed by atoms with Gasteiger partial charge in [-0.1, -0.05) is 36.8 Å². The maximum Gasteiger partial charge on any atom is 0.131 e. The molecule has 0 spiro atoms. The van der Waals surface area contributed by atoms with Gasteiger partial charge in [-0.3, -0.25) is 0 Å². The molecule has 1 N–H and O–H groups in total. The normalized spacial score (nSPS) is 10.7. The number of pyridine rings is 1. The number of hydrogen-bond donors (Lipinski definition) is 1. The van der Waals surface area contributed by atoms with Crippen LogP contribution in [0.4, 0.5) is 5.82 Å². The maximum atomic E-state index is 4.64. The lowest BCUT2D eigenvalue weighted by Gasteiger charge is -2.21. The third kappa shape index (κ3) is 4.30. The molecule has 0 aliphatic rings. The van der Waals surface area contributed by atoms with E-state index in [1.807, 2.05) is 6.20 Å². The smallest absolute Gasteiger partial charge is 0.131 e. The molecule has 0 bridgehead atoms. The Morgan fingerprint density at radius 1 is 1.14 bits per heavy atom.